The van der Waals surface area contributed by atoms with Gasteiger partial charge in [-0.05, 0) is 52.1 Å². The predicted molar refractivity (Wildman–Crippen MR) is 74.2 cm³/mol. The first-order valence-electron chi connectivity index (χ1n) is 7.40. The summed E-state index contributed by atoms with van der Waals surface area (Å²) in [6, 6.07) is 0.415. The Morgan fingerprint density at radius 3 is 2.39 bits per heavy atom. The molecule has 1 aliphatic carbocycles. The van der Waals surface area contributed by atoms with Crippen molar-refractivity contribution < 1.29 is 4.74 Å². The molecule has 1 unspecified atom stereocenters. The van der Waals surface area contributed by atoms with Gasteiger partial charge in [0.25, 0.3) is 0 Å². The number of rotatable bonds is 5. The Hall–Kier alpha value is -0.160. The third-order valence-electron chi connectivity index (χ3n) is 5.12. The van der Waals surface area contributed by atoms with Gasteiger partial charge in [0.1, 0.15) is 0 Å². The zero-order valence-electron chi connectivity index (χ0n) is 12.0. The first-order valence-corrected chi connectivity index (χ1v) is 7.40. The van der Waals surface area contributed by atoms with Gasteiger partial charge in [-0.1, -0.05) is 12.8 Å². The SMILES string of the molecule is CN(C)C1(C(CC2CCOCC2)NN)CCCC1. The highest BCUT2D eigenvalue weighted by Gasteiger charge is 2.43. The van der Waals surface area contributed by atoms with Crippen molar-refractivity contribution in [3.8, 4) is 0 Å². The van der Waals surface area contributed by atoms with Crippen molar-refractivity contribution in [1.29, 1.82) is 0 Å². The fourth-order valence-corrected chi connectivity index (χ4v) is 3.85. The van der Waals surface area contributed by atoms with Crippen LogP contribution in [0.3, 0.4) is 0 Å². The van der Waals surface area contributed by atoms with E-state index in [1.807, 2.05) is 0 Å². The number of hydrogen-bond donors (Lipinski definition) is 2. The Labute approximate surface area is 111 Å². The molecule has 0 bridgehead atoms. The van der Waals surface area contributed by atoms with E-state index in [0.29, 0.717) is 6.04 Å². The van der Waals surface area contributed by atoms with E-state index in [-0.39, 0.29) is 5.54 Å². The Bertz CT molecular complexity index is 245. The molecule has 0 aromatic rings. The molecule has 2 aliphatic rings. The number of nitrogens with one attached hydrogen (secondary N) is 1. The van der Waals surface area contributed by atoms with Gasteiger partial charge >= 0.3 is 0 Å². The zero-order chi connectivity index (χ0) is 13.0. The maximum Gasteiger partial charge on any atom is 0.0468 e. The lowest BCUT2D eigenvalue weighted by molar-refractivity contribution is 0.0408. The number of nitrogens with zero attached hydrogens (tertiary/aromatic N) is 1. The highest BCUT2D eigenvalue weighted by Crippen LogP contribution is 2.39. The average molecular weight is 255 g/mol. The van der Waals surface area contributed by atoms with Crippen molar-refractivity contribution in [3.63, 3.8) is 0 Å². The molecule has 0 aromatic carbocycles. The van der Waals surface area contributed by atoms with Gasteiger partial charge in [-0.25, -0.2) is 0 Å². The molecule has 3 N–H and O–H groups in total. The molecule has 4 heteroatoms. The first kappa shape index (κ1) is 14.3. The van der Waals surface area contributed by atoms with E-state index in [2.05, 4.69) is 24.4 Å². The lowest BCUT2D eigenvalue weighted by Crippen LogP contribution is -2.60. The van der Waals surface area contributed by atoms with E-state index >= 15 is 0 Å². The first-order chi connectivity index (χ1) is 8.69. The van der Waals surface area contributed by atoms with Gasteiger partial charge in [0.2, 0.25) is 0 Å². The Kier molecular flexibility index (Phi) is 5.01. The number of ether oxygens (including phenoxy) is 1. The van der Waals surface area contributed by atoms with Crippen LogP contribution in [0.4, 0.5) is 0 Å². The summed E-state index contributed by atoms with van der Waals surface area (Å²) in [5.41, 5.74) is 3.40. The van der Waals surface area contributed by atoms with E-state index in [1.165, 1.54) is 44.9 Å². The maximum atomic E-state index is 5.88. The molecule has 18 heavy (non-hydrogen) atoms. The topological polar surface area (TPSA) is 50.5 Å². The maximum absolute atomic E-state index is 5.88. The third-order valence-corrected chi connectivity index (χ3v) is 5.12. The lowest BCUT2D eigenvalue weighted by Gasteiger charge is -2.44. The van der Waals surface area contributed by atoms with Crippen LogP contribution in [0.1, 0.15) is 44.9 Å². The second-order valence-corrected chi connectivity index (χ2v) is 6.22. The molecule has 1 saturated carbocycles. The van der Waals surface area contributed by atoms with Crippen LogP contribution in [0.15, 0.2) is 0 Å². The number of nitrogens with two attached hydrogens (primary N) is 1. The van der Waals surface area contributed by atoms with E-state index in [1.54, 1.807) is 0 Å². The minimum atomic E-state index is 0.271. The molecule has 0 spiro atoms. The van der Waals surface area contributed by atoms with Crippen LogP contribution >= 0.6 is 0 Å². The summed E-state index contributed by atoms with van der Waals surface area (Å²) in [7, 11) is 4.42. The van der Waals surface area contributed by atoms with Gasteiger partial charge in [0.15, 0.2) is 0 Å². The number of hydrogen-bond acceptors (Lipinski definition) is 4. The van der Waals surface area contributed by atoms with E-state index < -0.39 is 0 Å². The molecule has 1 aliphatic heterocycles. The highest BCUT2D eigenvalue weighted by molar-refractivity contribution is 5.02. The third kappa shape index (κ3) is 2.87. The highest BCUT2D eigenvalue weighted by atomic mass is 16.5. The van der Waals surface area contributed by atoms with E-state index in [9.17, 15) is 0 Å². The Morgan fingerprint density at radius 1 is 1.28 bits per heavy atom. The molecule has 1 heterocycles. The summed E-state index contributed by atoms with van der Waals surface area (Å²) in [5, 5.41) is 0. The zero-order valence-corrected chi connectivity index (χ0v) is 12.0. The van der Waals surface area contributed by atoms with Gasteiger partial charge in [0, 0.05) is 24.8 Å². The van der Waals surface area contributed by atoms with Gasteiger partial charge in [-0.15, -0.1) is 0 Å². The minimum absolute atomic E-state index is 0.271. The lowest BCUT2D eigenvalue weighted by atomic mass is 9.80. The van der Waals surface area contributed by atoms with Crippen LogP contribution in [-0.4, -0.2) is 43.8 Å². The summed E-state index contributed by atoms with van der Waals surface area (Å²) < 4.78 is 5.45. The summed E-state index contributed by atoms with van der Waals surface area (Å²) in [6.45, 7) is 1.86. The summed E-state index contributed by atoms with van der Waals surface area (Å²) in [6.07, 6.45) is 8.81. The van der Waals surface area contributed by atoms with Crippen LogP contribution in [-0.2, 0) is 4.74 Å². The second-order valence-electron chi connectivity index (χ2n) is 6.22. The molecule has 2 rings (SSSR count). The molecule has 4 nitrogen and oxygen atoms in total. The van der Waals surface area contributed by atoms with Crippen LogP contribution in [0.2, 0.25) is 0 Å². The van der Waals surface area contributed by atoms with E-state index in [0.717, 1.165) is 19.1 Å². The summed E-state index contributed by atoms with van der Waals surface area (Å²) >= 11 is 0. The van der Waals surface area contributed by atoms with Crippen molar-refractivity contribution in [2.45, 2.75) is 56.5 Å². The molecular weight excluding hydrogens is 226 g/mol. The average Bonchev–Trinajstić information content (AvgIpc) is 2.87. The molecule has 106 valence electrons. The fraction of sp³-hybridized carbons (Fsp3) is 1.00. The molecular formula is C14H29N3O. The Balaban J connectivity index is 2.01. The standard InChI is InChI=1S/C14H29N3O/c1-17(2)14(7-3-4-8-14)13(16-15)11-12-5-9-18-10-6-12/h12-13,16H,3-11,15H2,1-2H3. The van der Waals surface area contributed by atoms with Crippen LogP contribution in [0.25, 0.3) is 0 Å². The largest absolute Gasteiger partial charge is 0.381 e. The Morgan fingerprint density at radius 2 is 1.89 bits per heavy atom. The normalized spacial score (nSPS) is 26.7. The van der Waals surface area contributed by atoms with Crippen molar-refractivity contribution in [2.75, 3.05) is 27.3 Å². The van der Waals surface area contributed by atoms with Crippen molar-refractivity contribution in [3.05, 3.63) is 0 Å². The van der Waals surface area contributed by atoms with Crippen molar-refractivity contribution >= 4 is 0 Å². The second kappa shape index (κ2) is 6.33. The quantitative estimate of drug-likeness (QED) is 0.577. The van der Waals surface area contributed by atoms with Gasteiger partial charge in [-0.2, -0.15) is 0 Å². The summed E-state index contributed by atoms with van der Waals surface area (Å²) in [5.74, 6) is 6.66. The van der Waals surface area contributed by atoms with Crippen LogP contribution in [0, 0.1) is 5.92 Å². The fourth-order valence-electron chi connectivity index (χ4n) is 3.85. The van der Waals surface area contributed by atoms with Crippen LogP contribution in [0.5, 0.6) is 0 Å². The van der Waals surface area contributed by atoms with Crippen LogP contribution < -0.4 is 11.3 Å². The van der Waals surface area contributed by atoms with Crippen molar-refractivity contribution in [2.24, 2.45) is 11.8 Å². The smallest absolute Gasteiger partial charge is 0.0468 e. The molecule has 0 amide bonds. The minimum Gasteiger partial charge on any atom is -0.381 e. The molecule has 2 fully saturated rings. The predicted octanol–water partition coefficient (Wildman–Crippen LogP) is 1.51. The summed E-state index contributed by atoms with van der Waals surface area (Å²) in [4.78, 5) is 2.41. The van der Waals surface area contributed by atoms with E-state index in [4.69, 9.17) is 10.6 Å². The molecule has 1 atom stereocenters. The van der Waals surface area contributed by atoms with Crippen molar-refractivity contribution in [1.82, 2.24) is 10.3 Å². The molecule has 0 radical (unpaired) electrons. The molecule has 0 aromatic heterocycles. The number of likely N-dealkylation sites (N-methyl/N-ethyl adjacent to an activating group) is 1. The van der Waals surface area contributed by atoms with Gasteiger partial charge < -0.3 is 9.64 Å². The molecule has 1 saturated heterocycles. The van der Waals surface area contributed by atoms with Gasteiger partial charge in [-0.3, -0.25) is 11.3 Å². The monoisotopic (exact) mass is 255 g/mol. The van der Waals surface area contributed by atoms with Gasteiger partial charge in [0.05, 0.1) is 0 Å². The number of hydrazine groups is 1.